The number of rotatable bonds is 8. The van der Waals surface area contributed by atoms with Crippen LogP contribution in [0.4, 0.5) is 5.69 Å². The molecular weight excluding hydrogens is 398 g/mol. The Balaban J connectivity index is 1.51. The van der Waals surface area contributed by atoms with E-state index in [1.54, 1.807) is 0 Å². The Hall–Kier alpha value is -3.18. The maximum absolute atomic E-state index is 11.2. The lowest BCUT2D eigenvalue weighted by Crippen LogP contribution is -2.37. The molecule has 5 nitrogen and oxygen atoms in total. The number of anilines is 1. The Morgan fingerprint density at radius 1 is 1.16 bits per heavy atom. The fourth-order valence-electron chi connectivity index (χ4n) is 4.55. The highest BCUT2D eigenvalue weighted by Crippen LogP contribution is 2.32. The third-order valence-electron chi connectivity index (χ3n) is 6.46. The molecule has 3 N–H and O–H groups in total. The number of aryl methyl sites for hydroxylation is 1. The number of carboxylic acid groups (broad SMARTS) is 1. The van der Waals surface area contributed by atoms with Crippen molar-refractivity contribution in [2.45, 2.75) is 38.6 Å². The molecule has 2 heterocycles. The van der Waals surface area contributed by atoms with Gasteiger partial charge in [0.15, 0.2) is 0 Å². The Morgan fingerprint density at radius 2 is 1.97 bits per heavy atom. The summed E-state index contributed by atoms with van der Waals surface area (Å²) in [6.07, 6.45) is 2.85. The molecule has 1 aliphatic rings. The number of aromatic nitrogens is 1. The van der Waals surface area contributed by atoms with Crippen molar-refractivity contribution in [2.24, 2.45) is 5.92 Å². The van der Waals surface area contributed by atoms with E-state index >= 15 is 0 Å². The molecule has 0 saturated heterocycles. The van der Waals surface area contributed by atoms with Crippen molar-refractivity contribution in [1.29, 1.82) is 0 Å². The van der Waals surface area contributed by atoms with Crippen LogP contribution in [0.1, 0.15) is 46.8 Å². The van der Waals surface area contributed by atoms with Crippen molar-refractivity contribution in [1.82, 2.24) is 10.3 Å². The average molecular weight is 430 g/mol. The van der Waals surface area contributed by atoms with Gasteiger partial charge < -0.3 is 15.7 Å². The molecule has 0 amide bonds. The number of hydrogen-bond acceptors (Lipinski definition) is 4. The number of fused-ring (bicyclic) bond motifs is 1. The van der Waals surface area contributed by atoms with Crippen LogP contribution in [0.5, 0.6) is 0 Å². The quantitative estimate of drug-likeness (QED) is 0.482. The average Bonchev–Trinajstić information content (AvgIpc) is 2.81. The van der Waals surface area contributed by atoms with Gasteiger partial charge in [-0.25, -0.2) is 0 Å². The summed E-state index contributed by atoms with van der Waals surface area (Å²) in [6.45, 7) is 5.87. The summed E-state index contributed by atoms with van der Waals surface area (Å²) in [7, 11) is 0. The zero-order valence-corrected chi connectivity index (χ0v) is 18.7. The van der Waals surface area contributed by atoms with Gasteiger partial charge in [0.25, 0.3) is 0 Å². The minimum absolute atomic E-state index is 0.0621. The number of hydrogen-bond donors (Lipinski definition) is 3. The van der Waals surface area contributed by atoms with Crippen LogP contribution in [-0.4, -0.2) is 29.1 Å². The summed E-state index contributed by atoms with van der Waals surface area (Å²) in [5.41, 5.74) is 6.62. The highest BCUT2D eigenvalue weighted by Gasteiger charge is 2.28. The lowest BCUT2D eigenvalue weighted by Gasteiger charge is -2.33. The first-order chi connectivity index (χ1) is 15.5. The van der Waals surface area contributed by atoms with Gasteiger partial charge in [-0.2, -0.15) is 0 Å². The second-order valence-electron chi connectivity index (χ2n) is 8.80. The SMILES string of the molecule is Cc1ccc(C(C)CN[C@H](c2ccccc2)[C@H]2CNc3cccnc3C2)cc1CC(=O)O. The molecule has 166 valence electrons. The molecule has 3 aromatic rings. The van der Waals surface area contributed by atoms with E-state index in [0.29, 0.717) is 5.92 Å². The van der Waals surface area contributed by atoms with Gasteiger partial charge in [-0.15, -0.1) is 0 Å². The first kappa shape index (κ1) is 22.0. The lowest BCUT2D eigenvalue weighted by atomic mass is 9.86. The molecule has 0 aliphatic carbocycles. The third-order valence-corrected chi connectivity index (χ3v) is 6.46. The third kappa shape index (κ3) is 5.17. The molecule has 3 atom stereocenters. The number of nitrogens with one attached hydrogen (secondary N) is 2. The van der Waals surface area contributed by atoms with Crippen LogP contribution in [0.25, 0.3) is 0 Å². The second kappa shape index (κ2) is 9.96. The largest absolute Gasteiger partial charge is 0.481 e. The predicted molar refractivity (Wildman–Crippen MR) is 128 cm³/mol. The topological polar surface area (TPSA) is 74.2 Å². The summed E-state index contributed by atoms with van der Waals surface area (Å²) in [6, 6.07) is 21.1. The van der Waals surface area contributed by atoms with Crippen LogP contribution in [-0.2, 0) is 17.6 Å². The van der Waals surface area contributed by atoms with Crippen LogP contribution >= 0.6 is 0 Å². The Kier molecular flexibility index (Phi) is 6.86. The number of carbonyl (C=O) groups is 1. The molecule has 1 aromatic heterocycles. The first-order valence-electron chi connectivity index (χ1n) is 11.3. The maximum Gasteiger partial charge on any atom is 0.307 e. The van der Waals surface area contributed by atoms with Gasteiger partial charge in [0.2, 0.25) is 0 Å². The van der Waals surface area contributed by atoms with Crippen LogP contribution in [0.15, 0.2) is 66.9 Å². The monoisotopic (exact) mass is 429 g/mol. The molecule has 0 radical (unpaired) electrons. The molecule has 4 rings (SSSR count). The van der Waals surface area contributed by atoms with Crippen molar-refractivity contribution in [3.63, 3.8) is 0 Å². The van der Waals surface area contributed by atoms with Gasteiger partial charge in [-0.1, -0.05) is 55.5 Å². The van der Waals surface area contributed by atoms with Gasteiger partial charge in [0.1, 0.15) is 0 Å². The van der Waals surface area contributed by atoms with Gasteiger partial charge in [0, 0.05) is 31.2 Å². The van der Waals surface area contributed by atoms with E-state index in [1.807, 2.05) is 25.3 Å². The number of carboxylic acids is 1. The van der Waals surface area contributed by atoms with E-state index < -0.39 is 5.97 Å². The minimum Gasteiger partial charge on any atom is -0.481 e. The van der Waals surface area contributed by atoms with Crippen molar-refractivity contribution in [2.75, 3.05) is 18.4 Å². The molecule has 0 spiro atoms. The van der Waals surface area contributed by atoms with E-state index in [1.165, 1.54) is 11.1 Å². The Bertz CT molecular complexity index is 1070. The molecule has 2 aromatic carbocycles. The molecule has 0 fully saturated rings. The second-order valence-corrected chi connectivity index (χ2v) is 8.80. The van der Waals surface area contributed by atoms with E-state index in [4.69, 9.17) is 0 Å². The zero-order valence-electron chi connectivity index (χ0n) is 18.7. The van der Waals surface area contributed by atoms with Crippen molar-refractivity contribution < 1.29 is 9.90 Å². The number of aliphatic carboxylic acids is 1. The molecular formula is C27H31N3O2. The van der Waals surface area contributed by atoms with Crippen LogP contribution < -0.4 is 10.6 Å². The van der Waals surface area contributed by atoms with Crippen molar-refractivity contribution >= 4 is 11.7 Å². The Morgan fingerprint density at radius 3 is 2.75 bits per heavy atom. The molecule has 1 unspecified atom stereocenters. The fraction of sp³-hybridized carbons (Fsp3) is 0.333. The van der Waals surface area contributed by atoms with Crippen LogP contribution in [0.2, 0.25) is 0 Å². The standard InChI is InChI=1S/C27H31N3O2/c1-18-10-11-21(13-22(18)15-26(31)32)19(2)16-30-27(20-7-4-3-5-8-20)23-14-25-24(29-17-23)9-6-12-28-25/h3-13,19,23,27,29-30H,14-17H2,1-2H3,(H,31,32)/t19?,23-,27-/m1/s1. The first-order valence-corrected chi connectivity index (χ1v) is 11.3. The fourth-order valence-corrected chi connectivity index (χ4v) is 4.55. The molecule has 0 bridgehead atoms. The summed E-state index contributed by atoms with van der Waals surface area (Å²) in [5, 5.41) is 16.6. The zero-order chi connectivity index (χ0) is 22.5. The summed E-state index contributed by atoms with van der Waals surface area (Å²) >= 11 is 0. The summed E-state index contributed by atoms with van der Waals surface area (Å²) in [4.78, 5) is 15.8. The smallest absolute Gasteiger partial charge is 0.307 e. The van der Waals surface area contributed by atoms with Gasteiger partial charge in [-0.3, -0.25) is 9.78 Å². The van der Waals surface area contributed by atoms with Gasteiger partial charge in [-0.05, 0) is 53.6 Å². The van der Waals surface area contributed by atoms with E-state index in [-0.39, 0.29) is 18.4 Å². The number of benzene rings is 2. The number of pyridine rings is 1. The highest BCUT2D eigenvalue weighted by atomic mass is 16.4. The normalized spacial score (nSPS) is 17.1. The van der Waals surface area contributed by atoms with E-state index in [2.05, 4.69) is 71.1 Å². The van der Waals surface area contributed by atoms with Gasteiger partial charge in [0.05, 0.1) is 17.8 Å². The lowest BCUT2D eigenvalue weighted by molar-refractivity contribution is -0.136. The molecule has 5 heteroatoms. The Labute approximate surface area is 189 Å². The highest BCUT2D eigenvalue weighted by molar-refractivity contribution is 5.70. The summed E-state index contributed by atoms with van der Waals surface area (Å²) < 4.78 is 0. The van der Waals surface area contributed by atoms with Crippen LogP contribution in [0.3, 0.4) is 0 Å². The number of nitrogens with zero attached hydrogens (tertiary/aromatic N) is 1. The predicted octanol–water partition coefficient (Wildman–Crippen LogP) is 4.74. The van der Waals surface area contributed by atoms with Crippen LogP contribution in [0, 0.1) is 12.8 Å². The molecule has 1 aliphatic heterocycles. The molecule has 32 heavy (non-hydrogen) atoms. The van der Waals surface area contributed by atoms with E-state index in [0.717, 1.165) is 42.0 Å². The maximum atomic E-state index is 11.2. The van der Waals surface area contributed by atoms with E-state index in [9.17, 15) is 9.90 Å². The van der Waals surface area contributed by atoms with Crippen molar-refractivity contribution in [3.8, 4) is 0 Å². The summed E-state index contributed by atoms with van der Waals surface area (Å²) in [5.74, 6) is -0.150. The molecule has 0 saturated carbocycles. The van der Waals surface area contributed by atoms with Crippen molar-refractivity contribution in [3.05, 3.63) is 94.8 Å². The minimum atomic E-state index is -0.793. The van der Waals surface area contributed by atoms with Gasteiger partial charge >= 0.3 is 5.97 Å².